The molecule has 20 heavy (non-hydrogen) atoms. The molecule has 2 aromatic carbocycles. The van der Waals surface area contributed by atoms with E-state index in [1.165, 1.54) is 16.7 Å². The molecule has 2 N–H and O–H groups in total. The van der Waals surface area contributed by atoms with E-state index in [0.29, 0.717) is 6.04 Å². The highest BCUT2D eigenvalue weighted by Crippen LogP contribution is 2.43. The smallest absolute Gasteiger partial charge is 0.141 e. The number of fused-ring (bicyclic) bond motifs is 3. The van der Waals surface area contributed by atoms with Gasteiger partial charge in [-0.2, -0.15) is 0 Å². The van der Waals surface area contributed by atoms with E-state index < -0.39 is 0 Å². The van der Waals surface area contributed by atoms with Crippen molar-refractivity contribution in [3.05, 3.63) is 54.1 Å². The molecular formula is C17H18N2O. The second-order valence-corrected chi connectivity index (χ2v) is 5.39. The molecule has 2 aromatic rings. The van der Waals surface area contributed by atoms with Crippen LogP contribution < -0.4 is 15.4 Å². The zero-order valence-electron chi connectivity index (χ0n) is 11.3. The largest absolute Gasteiger partial charge is 0.483 e. The molecule has 3 nitrogen and oxygen atoms in total. The van der Waals surface area contributed by atoms with Crippen molar-refractivity contribution in [2.24, 2.45) is 0 Å². The summed E-state index contributed by atoms with van der Waals surface area (Å²) in [7, 11) is 0. The number of hydrogen-bond donors (Lipinski definition) is 2. The standard InChI is InChI=1S/C17H18N2O/c1-2-7-14-12(5-1)13-6-3-4-8-16(13)20-17(14)15-11-18-9-10-19-15/h1-8,15,17-19H,9-11H2. The molecule has 2 aliphatic rings. The molecule has 0 aromatic heterocycles. The molecule has 0 saturated carbocycles. The van der Waals surface area contributed by atoms with Crippen LogP contribution in [0.1, 0.15) is 11.7 Å². The van der Waals surface area contributed by atoms with Crippen molar-refractivity contribution in [2.45, 2.75) is 12.1 Å². The Morgan fingerprint density at radius 2 is 1.70 bits per heavy atom. The first-order valence-electron chi connectivity index (χ1n) is 7.22. The molecular weight excluding hydrogens is 248 g/mol. The topological polar surface area (TPSA) is 33.3 Å². The third-order valence-corrected chi connectivity index (χ3v) is 4.14. The first-order chi connectivity index (χ1) is 9.93. The van der Waals surface area contributed by atoms with E-state index in [2.05, 4.69) is 53.1 Å². The second kappa shape index (κ2) is 4.93. The molecule has 0 bridgehead atoms. The van der Waals surface area contributed by atoms with Crippen LogP contribution in [0.15, 0.2) is 48.5 Å². The van der Waals surface area contributed by atoms with Gasteiger partial charge in [0.15, 0.2) is 0 Å². The van der Waals surface area contributed by atoms with Crippen LogP contribution in [-0.2, 0) is 0 Å². The third-order valence-electron chi connectivity index (χ3n) is 4.14. The highest BCUT2D eigenvalue weighted by atomic mass is 16.5. The van der Waals surface area contributed by atoms with Crippen LogP contribution in [-0.4, -0.2) is 25.7 Å². The van der Waals surface area contributed by atoms with Gasteiger partial charge in [-0.05, 0) is 11.6 Å². The number of nitrogens with one attached hydrogen (secondary N) is 2. The average Bonchev–Trinajstić information content (AvgIpc) is 2.55. The molecule has 4 rings (SSSR count). The van der Waals surface area contributed by atoms with Crippen LogP contribution in [0.5, 0.6) is 5.75 Å². The number of rotatable bonds is 1. The summed E-state index contributed by atoms with van der Waals surface area (Å²) in [6, 6.07) is 17.2. The third kappa shape index (κ3) is 1.90. The average molecular weight is 266 g/mol. The number of piperazine rings is 1. The Morgan fingerprint density at radius 3 is 2.55 bits per heavy atom. The predicted molar refractivity (Wildman–Crippen MR) is 79.9 cm³/mol. The molecule has 2 unspecified atom stereocenters. The van der Waals surface area contributed by atoms with Crippen molar-refractivity contribution >= 4 is 0 Å². The molecule has 102 valence electrons. The van der Waals surface area contributed by atoms with Gasteiger partial charge in [-0.15, -0.1) is 0 Å². The summed E-state index contributed by atoms with van der Waals surface area (Å²) >= 11 is 0. The van der Waals surface area contributed by atoms with Crippen molar-refractivity contribution < 1.29 is 4.74 Å². The van der Waals surface area contributed by atoms with Crippen LogP contribution in [0.25, 0.3) is 11.1 Å². The highest BCUT2D eigenvalue weighted by Gasteiger charge is 2.32. The fraction of sp³-hybridized carbons (Fsp3) is 0.294. The lowest BCUT2D eigenvalue weighted by molar-refractivity contribution is 0.141. The summed E-state index contributed by atoms with van der Waals surface area (Å²) in [5.74, 6) is 0.989. The Labute approximate surface area is 119 Å². The summed E-state index contributed by atoms with van der Waals surface area (Å²) in [6.45, 7) is 2.97. The summed E-state index contributed by atoms with van der Waals surface area (Å²) in [6.07, 6.45) is 0.0777. The zero-order chi connectivity index (χ0) is 13.4. The maximum Gasteiger partial charge on any atom is 0.141 e. The monoisotopic (exact) mass is 266 g/mol. The Morgan fingerprint density at radius 1 is 0.900 bits per heavy atom. The minimum absolute atomic E-state index is 0.0777. The first-order valence-corrected chi connectivity index (χ1v) is 7.22. The SMILES string of the molecule is c1ccc2c(c1)OC(C1CNCCN1)c1ccccc1-2. The Kier molecular flexibility index (Phi) is 2.94. The van der Waals surface area contributed by atoms with E-state index in [1.807, 2.05) is 6.07 Å². The van der Waals surface area contributed by atoms with Crippen molar-refractivity contribution in [2.75, 3.05) is 19.6 Å². The van der Waals surface area contributed by atoms with Crippen LogP contribution in [0.3, 0.4) is 0 Å². The molecule has 2 atom stereocenters. The first kappa shape index (κ1) is 11.9. The number of benzene rings is 2. The molecule has 0 radical (unpaired) electrons. The maximum atomic E-state index is 6.30. The number of hydrogen-bond acceptors (Lipinski definition) is 3. The van der Waals surface area contributed by atoms with E-state index >= 15 is 0 Å². The van der Waals surface area contributed by atoms with E-state index in [9.17, 15) is 0 Å². The zero-order valence-corrected chi connectivity index (χ0v) is 11.3. The van der Waals surface area contributed by atoms with Crippen molar-refractivity contribution in [3.63, 3.8) is 0 Å². The summed E-state index contributed by atoms with van der Waals surface area (Å²) in [5.41, 5.74) is 3.78. The summed E-state index contributed by atoms with van der Waals surface area (Å²) in [5, 5.41) is 7.02. The van der Waals surface area contributed by atoms with Crippen molar-refractivity contribution in [1.29, 1.82) is 0 Å². The molecule has 1 saturated heterocycles. The van der Waals surface area contributed by atoms with Gasteiger partial charge in [0.25, 0.3) is 0 Å². The minimum atomic E-state index is 0.0777. The molecule has 1 fully saturated rings. The van der Waals surface area contributed by atoms with Crippen LogP contribution in [0.2, 0.25) is 0 Å². The second-order valence-electron chi connectivity index (χ2n) is 5.39. The molecule has 0 spiro atoms. The van der Waals surface area contributed by atoms with Gasteiger partial charge in [-0.3, -0.25) is 0 Å². The normalized spacial score (nSPS) is 24.4. The number of para-hydroxylation sites is 1. The quantitative estimate of drug-likeness (QED) is 0.831. The van der Waals surface area contributed by atoms with Gasteiger partial charge in [0, 0.05) is 30.8 Å². The van der Waals surface area contributed by atoms with E-state index in [0.717, 1.165) is 25.4 Å². The van der Waals surface area contributed by atoms with Gasteiger partial charge < -0.3 is 15.4 Å². The van der Waals surface area contributed by atoms with Crippen molar-refractivity contribution in [3.8, 4) is 16.9 Å². The molecule has 2 aliphatic heterocycles. The van der Waals surface area contributed by atoms with Crippen LogP contribution in [0, 0.1) is 0 Å². The minimum Gasteiger partial charge on any atom is -0.483 e. The molecule has 2 heterocycles. The predicted octanol–water partition coefficient (Wildman–Crippen LogP) is 2.35. The fourth-order valence-corrected chi connectivity index (χ4v) is 3.17. The lowest BCUT2D eigenvalue weighted by Gasteiger charge is -2.36. The molecule has 3 heteroatoms. The van der Waals surface area contributed by atoms with Crippen LogP contribution >= 0.6 is 0 Å². The van der Waals surface area contributed by atoms with E-state index in [4.69, 9.17) is 4.74 Å². The fourth-order valence-electron chi connectivity index (χ4n) is 3.17. The Bertz CT molecular complexity index is 620. The van der Waals surface area contributed by atoms with Gasteiger partial charge in [-0.1, -0.05) is 42.5 Å². The summed E-state index contributed by atoms with van der Waals surface area (Å²) in [4.78, 5) is 0. The van der Waals surface area contributed by atoms with Gasteiger partial charge in [0.2, 0.25) is 0 Å². The summed E-state index contributed by atoms with van der Waals surface area (Å²) < 4.78 is 6.30. The number of ether oxygens (including phenoxy) is 1. The highest BCUT2D eigenvalue weighted by molar-refractivity contribution is 5.75. The molecule has 0 amide bonds. The Balaban J connectivity index is 1.80. The van der Waals surface area contributed by atoms with Gasteiger partial charge in [0.1, 0.15) is 11.9 Å². The maximum absolute atomic E-state index is 6.30. The van der Waals surface area contributed by atoms with E-state index in [-0.39, 0.29) is 6.10 Å². The van der Waals surface area contributed by atoms with Gasteiger partial charge in [-0.25, -0.2) is 0 Å². The Hall–Kier alpha value is -1.84. The van der Waals surface area contributed by atoms with Crippen molar-refractivity contribution in [1.82, 2.24) is 10.6 Å². The van der Waals surface area contributed by atoms with E-state index in [1.54, 1.807) is 0 Å². The van der Waals surface area contributed by atoms with Crippen LogP contribution in [0.4, 0.5) is 0 Å². The van der Waals surface area contributed by atoms with Gasteiger partial charge >= 0.3 is 0 Å². The lowest BCUT2D eigenvalue weighted by atomic mass is 9.89. The lowest BCUT2D eigenvalue weighted by Crippen LogP contribution is -2.52. The van der Waals surface area contributed by atoms with Gasteiger partial charge in [0.05, 0.1) is 6.04 Å². The molecule has 0 aliphatic carbocycles.